The predicted molar refractivity (Wildman–Crippen MR) is 75.7 cm³/mol. The lowest BCUT2D eigenvalue weighted by molar-refractivity contribution is 0.145. The van der Waals surface area contributed by atoms with Gasteiger partial charge in [-0.05, 0) is 25.0 Å². The fourth-order valence-corrected chi connectivity index (χ4v) is 3.51. The Kier molecular flexibility index (Phi) is 5.01. The number of thiophene rings is 1. The van der Waals surface area contributed by atoms with Crippen molar-refractivity contribution in [3.05, 3.63) is 21.9 Å². The Balaban J connectivity index is 1.95. The Hall–Kier alpha value is -0.380. The summed E-state index contributed by atoms with van der Waals surface area (Å²) >= 11 is 1.98. The molecular weight excluding hydrogens is 228 g/mol. The highest BCUT2D eigenvalue weighted by Gasteiger charge is 2.21. The minimum atomic E-state index is 0.737. The summed E-state index contributed by atoms with van der Waals surface area (Å²) in [5.41, 5.74) is 0. The van der Waals surface area contributed by atoms with E-state index < -0.39 is 0 Å². The molecule has 0 bridgehead atoms. The van der Waals surface area contributed by atoms with E-state index in [1.165, 1.54) is 42.1 Å². The van der Waals surface area contributed by atoms with Crippen LogP contribution in [0, 0.1) is 0 Å². The smallest absolute Gasteiger partial charge is 0.0332 e. The number of hydrogen-bond acceptors (Lipinski definition) is 3. The minimum absolute atomic E-state index is 0.737. The van der Waals surface area contributed by atoms with Crippen LogP contribution in [0.3, 0.4) is 0 Å². The van der Waals surface area contributed by atoms with E-state index in [9.17, 15) is 0 Å². The van der Waals surface area contributed by atoms with Crippen LogP contribution in [-0.4, -0.2) is 30.6 Å². The van der Waals surface area contributed by atoms with Gasteiger partial charge in [0, 0.05) is 42.0 Å². The number of aryl methyl sites for hydroxylation is 1. The summed E-state index contributed by atoms with van der Waals surface area (Å²) in [6.45, 7) is 9.18. The molecule has 1 atom stereocenters. The van der Waals surface area contributed by atoms with E-state index in [0.29, 0.717) is 0 Å². The van der Waals surface area contributed by atoms with Gasteiger partial charge >= 0.3 is 0 Å². The molecule has 0 saturated carbocycles. The number of hydrogen-bond donors (Lipinski definition) is 1. The van der Waals surface area contributed by atoms with Crippen molar-refractivity contribution in [2.24, 2.45) is 0 Å². The van der Waals surface area contributed by atoms with Crippen molar-refractivity contribution >= 4 is 11.3 Å². The van der Waals surface area contributed by atoms with Gasteiger partial charge in [0.15, 0.2) is 0 Å². The first-order valence-electron chi connectivity index (χ1n) is 6.85. The van der Waals surface area contributed by atoms with E-state index in [1.807, 2.05) is 11.3 Å². The van der Waals surface area contributed by atoms with E-state index in [2.05, 4.69) is 36.2 Å². The second-order valence-corrected chi connectivity index (χ2v) is 6.09. The maximum atomic E-state index is 3.51. The van der Waals surface area contributed by atoms with E-state index >= 15 is 0 Å². The Morgan fingerprint density at radius 3 is 2.88 bits per heavy atom. The maximum absolute atomic E-state index is 3.51. The molecule has 96 valence electrons. The van der Waals surface area contributed by atoms with Gasteiger partial charge in [0.1, 0.15) is 0 Å². The zero-order chi connectivity index (χ0) is 12.1. The van der Waals surface area contributed by atoms with Crippen molar-refractivity contribution in [1.82, 2.24) is 10.2 Å². The summed E-state index contributed by atoms with van der Waals surface area (Å²) in [4.78, 5) is 5.71. The van der Waals surface area contributed by atoms with Crippen LogP contribution in [0.1, 0.15) is 36.4 Å². The van der Waals surface area contributed by atoms with Gasteiger partial charge in [0.05, 0.1) is 0 Å². The third-order valence-corrected chi connectivity index (χ3v) is 4.73. The molecule has 1 aromatic rings. The zero-order valence-electron chi connectivity index (χ0n) is 11.0. The van der Waals surface area contributed by atoms with Crippen LogP contribution in [0.25, 0.3) is 0 Å². The normalized spacial score (nSPS) is 21.9. The molecule has 2 rings (SSSR count). The van der Waals surface area contributed by atoms with E-state index in [0.717, 1.165) is 19.1 Å². The molecular formula is C14H24N2S. The first-order valence-corrected chi connectivity index (χ1v) is 7.67. The minimum Gasteiger partial charge on any atom is -0.314 e. The van der Waals surface area contributed by atoms with Gasteiger partial charge in [-0.3, -0.25) is 4.90 Å². The van der Waals surface area contributed by atoms with Gasteiger partial charge in [-0.15, -0.1) is 11.3 Å². The van der Waals surface area contributed by atoms with Gasteiger partial charge in [0.25, 0.3) is 0 Å². The lowest BCUT2D eigenvalue weighted by Crippen LogP contribution is -2.50. The van der Waals surface area contributed by atoms with Crippen molar-refractivity contribution in [3.63, 3.8) is 0 Å². The molecule has 1 fully saturated rings. The first kappa shape index (κ1) is 13.1. The van der Waals surface area contributed by atoms with E-state index in [4.69, 9.17) is 0 Å². The van der Waals surface area contributed by atoms with Crippen molar-refractivity contribution in [2.75, 3.05) is 19.6 Å². The summed E-state index contributed by atoms with van der Waals surface area (Å²) in [5, 5.41) is 3.51. The van der Waals surface area contributed by atoms with Crippen molar-refractivity contribution in [3.8, 4) is 0 Å². The molecule has 0 aromatic carbocycles. The Morgan fingerprint density at radius 2 is 2.18 bits per heavy atom. The van der Waals surface area contributed by atoms with E-state index in [-0.39, 0.29) is 0 Å². The largest absolute Gasteiger partial charge is 0.314 e. The van der Waals surface area contributed by atoms with E-state index in [1.54, 1.807) is 0 Å². The van der Waals surface area contributed by atoms with Crippen LogP contribution in [0.4, 0.5) is 0 Å². The summed E-state index contributed by atoms with van der Waals surface area (Å²) in [6, 6.07) is 5.34. The Morgan fingerprint density at radius 1 is 1.35 bits per heavy atom. The van der Waals surface area contributed by atoms with Gasteiger partial charge < -0.3 is 5.32 Å². The Labute approximate surface area is 109 Å². The molecule has 0 amide bonds. The molecule has 1 saturated heterocycles. The van der Waals surface area contributed by atoms with Crippen molar-refractivity contribution in [2.45, 2.75) is 45.7 Å². The molecule has 1 aromatic heterocycles. The van der Waals surface area contributed by atoms with Gasteiger partial charge in [0.2, 0.25) is 0 Å². The predicted octanol–water partition coefficient (Wildman–Crippen LogP) is 2.88. The lowest BCUT2D eigenvalue weighted by atomic mass is 10.1. The highest BCUT2D eigenvalue weighted by molar-refractivity contribution is 7.11. The summed E-state index contributed by atoms with van der Waals surface area (Å²) in [6.07, 6.45) is 3.77. The monoisotopic (exact) mass is 252 g/mol. The second-order valence-electron chi connectivity index (χ2n) is 4.84. The first-order chi connectivity index (χ1) is 8.33. The standard InChI is InChI=1S/C14H24N2S/c1-3-5-12-10-15-8-9-16(12)11-14-7-6-13(4-2)17-14/h6-7,12,15H,3-5,8-11H2,1-2H3. The average Bonchev–Trinajstić information content (AvgIpc) is 2.80. The number of piperazine rings is 1. The third kappa shape index (κ3) is 3.54. The van der Waals surface area contributed by atoms with Crippen LogP contribution in [0.5, 0.6) is 0 Å². The van der Waals surface area contributed by atoms with Gasteiger partial charge in [-0.1, -0.05) is 20.3 Å². The maximum Gasteiger partial charge on any atom is 0.0332 e. The molecule has 17 heavy (non-hydrogen) atoms. The molecule has 0 spiro atoms. The number of nitrogens with zero attached hydrogens (tertiary/aromatic N) is 1. The molecule has 0 radical (unpaired) electrons. The molecule has 1 N–H and O–H groups in total. The molecule has 1 aliphatic heterocycles. The molecule has 3 heteroatoms. The quantitative estimate of drug-likeness (QED) is 0.867. The molecule has 0 aliphatic carbocycles. The number of nitrogens with one attached hydrogen (secondary N) is 1. The molecule has 1 aliphatic rings. The van der Waals surface area contributed by atoms with Crippen LogP contribution in [0.15, 0.2) is 12.1 Å². The highest BCUT2D eigenvalue weighted by Crippen LogP contribution is 2.21. The van der Waals surface area contributed by atoms with Crippen LogP contribution < -0.4 is 5.32 Å². The van der Waals surface area contributed by atoms with Crippen LogP contribution in [-0.2, 0) is 13.0 Å². The highest BCUT2D eigenvalue weighted by atomic mass is 32.1. The average molecular weight is 252 g/mol. The second kappa shape index (κ2) is 6.53. The SMILES string of the molecule is CCCC1CNCCN1Cc1ccc(CC)s1. The fraction of sp³-hybridized carbons (Fsp3) is 0.714. The summed E-state index contributed by atoms with van der Waals surface area (Å²) in [7, 11) is 0. The van der Waals surface area contributed by atoms with Gasteiger partial charge in [-0.2, -0.15) is 0 Å². The van der Waals surface area contributed by atoms with Crippen molar-refractivity contribution in [1.29, 1.82) is 0 Å². The third-order valence-electron chi connectivity index (χ3n) is 3.52. The summed E-state index contributed by atoms with van der Waals surface area (Å²) < 4.78 is 0. The topological polar surface area (TPSA) is 15.3 Å². The molecule has 2 nitrogen and oxygen atoms in total. The zero-order valence-corrected chi connectivity index (χ0v) is 11.9. The van der Waals surface area contributed by atoms with Crippen LogP contribution >= 0.6 is 11.3 Å². The van der Waals surface area contributed by atoms with Crippen molar-refractivity contribution < 1.29 is 0 Å². The Bertz CT molecular complexity index is 333. The molecule has 2 heterocycles. The molecule has 1 unspecified atom stereocenters. The fourth-order valence-electron chi connectivity index (χ4n) is 2.53. The lowest BCUT2D eigenvalue weighted by Gasteiger charge is -2.35. The number of rotatable bonds is 5. The summed E-state index contributed by atoms with van der Waals surface area (Å²) in [5.74, 6) is 0. The van der Waals surface area contributed by atoms with Crippen LogP contribution in [0.2, 0.25) is 0 Å². The van der Waals surface area contributed by atoms with Gasteiger partial charge in [-0.25, -0.2) is 0 Å².